The molecule has 1 heterocycles. The van der Waals surface area contributed by atoms with Crippen molar-refractivity contribution in [1.82, 2.24) is 0 Å². The number of benzene rings is 1. The highest BCUT2D eigenvalue weighted by Crippen LogP contribution is 2.30. The van der Waals surface area contributed by atoms with Crippen molar-refractivity contribution < 1.29 is 4.79 Å². The molecule has 0 aromatic heterocycles. The van der Waals surface area contributed by atoms with Gasteiger partial charge in [-0.1, -0.05) is 31.4 Å². The Morgan fingerprint density at radius 2 is 1.90 bits per heavy atom. The molecule has 1 aliphatic carbocycles. The summed E-state index contributed by atoms with van der Waals surface area (Å²) in [5.41, 5.74) is 2.18. The number of hydrogen-bond donors (Lipinski definition) is 1. The lowest BCUT2D eigenvalue weighted by Gasteiger charge is -2.25. The zero-order valence-electron chi connectivity index (χ0n) is 12.1. The van der Waals surface area contributed by atoms with E-state index in [1.807, 2.05) is 17.0 Å². The molecule has 1 N–H and O–H groups in total. The zero-order valence-corrected chi connectivity index (χ0v) is 12.1. The van der Waals surface area contributed by atoms with Gasteiger partial charge in [0.15, 0.2) is 0 Å². The summed E-state index contributed by atoms with van der Waals surface area (Å²) < 4.78 is 0. The number of nitrogens with zero attached hydrogens (tertiary/aromatic N) is 1. The molecule has 20 heavy (non-hydrogen) atoms. The van der Waals surface area contributed by atoms with Crippen LogP contribution in [-0.4, -0.2) is 19.0 Å². The number of para-hydroxylation sites is 2. The molecular formula is C17H24N2O. The summed E-state index contributed by atoms with van der Waals surface area (Å²) in [6.45, 7) is 1.90. The van der Waals surface area contributed by atoms with Crippen molar-refractivity contribution in [3.63, 3.8) is 0 Å². The maximum Gasteiger partial charge on any atom is 0.227 e. The van der Waals surface area contributed by atoms with Gasteiger partial charge >= 0.3 is 0 Å². The van der Waals surface area contributed by atoms with E-state index in [1.165, 1.54) is 32.1 Å². The minimum absolute atomic E-state index is 0.261. The fourth-order valence-electron chi connectivity index (χ4n) is 3.41. The third-order valence-corrected chi connectivity index (χ3v) is 4.57. The van der Waals surface area contributed by atoms with Crippen LogP contribution in [0.4, 0.5) is 11.4 Å². The van der Waals surface area contributed by atoms with Gasteiger partial charge in [0, 0.05) is 19.5 Å². The Hall–Kier alpha value is -1.51. The number of carbonyl (C=O) groups is 1. The fourth-order valence-corrected chi connectivity index (χ4v) is 3.41. The van der Waals surface area contributed by atoms with Gasteiger partial charge < -0.3 is 10.2 Å². The summed E-state index contributed by atoms with van der Waals surface area (Å²) in [7, 11) is 0. The normalized spacial score (nSPS) is 20.4. The highest BCUT2D eigenvalue weighted by molar-refractivity contribution is 5.98. The molecule has 3 heteroatoms. The van der Waals surface area contributed by atoms with Crippen LogP contribution in [-0.2, 0) is 4.79 Å². The van der Waals surface area contributed by atoms with Gasteiger partial charge in [-0.25, -0.2) is 0 Å². The van der Waals surface area contributed by atoms with Gasteiger partial charge in [-0.2, -0.15) is 0 Å². The van der Waals surface area contributed by atoms with Gasteiger partial charge in [0.2, 0.25) is 5.91 Å². The van der Waals surface area contributed by atoms with E-state index in [0.717, 1.165) is 36.8 Å². The van der Waals surface area contributed by atoms with Gasteiger partial charge in [0.05, 0.1) is 11.4 Å². The predicted octanol–water partition coefficient (Wildman–Crippen LogP) is 3.81. The van der Waals surface area contributed by atoms with Crippen LogP contribution in [0.2, 0.25) is 0 Å². The van der Waals surface area contributed by atoms with E-state index in [9.17, 15) is 4.79 Å². The van der Waals surface area contributed by atoms with Gasteiger partial charge in [0.25, 0.3) is 0 Å². The SMILES string of the molecule is O=C1CCCN1c1ccccc1NCC1CCCCC1. The van der Waals surface area contributed by atoms with E-state index in [4.69, 9.17) is 0 Å². The second kappa shape index (κ2) is 6.29. The Morgan fingerprint density at radius 3 is 2.65 bits per heavy atom. The molecule has 1 saturated carbocycles. The van der Waals surface area contributed by atoms with E-state index in [1.54, 1.807) is 0 Å². The highest BCUT2D eigenvalue weighted by Gasteiger charge is 2.23. The van der Waals surface area contributed by atoms with Crippen molar-refractivity contribution in [1.29, 1.82) is 0 Å². The van der Waals surface area contributed by atoms with Crippen LogP contribution in [0.15, 0.2) is 24.3 Å². The number of amides is 1. The lowest BCUT2D eigenvalue weighted by atomic mass is 9.89. The summed E-state index contributed by atoms with van der Waals surface area (Å²) in [5.74, 6) is 1.06. The lowest BCUT2D eigenvalue weighted by Crippen LogP contribution is -2.25. The topological polar surface area (TPSA) is 32.3 Å². The number of hydrogen-bond acceptors (Lipinski definition) is 2. The molecule has 1 aliphatic heterocycles. The average Bonchev–Trinajstić information content (AvgIpc) is 2.92. The highest BCUT2D eigenvalue weighted by atomic mass is 16.2. The Balaban J connectivity index is 1.67. The maximum absolute atomic E-state index is 11.9. The molecule has 3 nitrogen and oxygen atoms in total. The Morgan fingerprint density at radius 1 is 1.10 bits per heavy atom. The van der Waals surface area contributed by atoms with E-state index in [2.05, 4.69) is 17.4 Å². The molecule has 108 valence electrons. The second-order valence-electron chi connectivity index (χ2n) is 6.05. The Labute approximate surface area is 121 Å². The Bertz CT molecular complexity index is 466. The van der Waals surface area contributed by atoms with Crippen molar-refractivity contribution in [3.8, 4) is 0 Å². The van der Waals surface area contributed by atoms with Crippen LogP contribution >= 0.6 is 0 Å². The third-order valence-electron chi connectivity index (χ3n) is 4.57. The second-order valence-corrected chi connectivity index (χ2v) is 6.05. The first-order valence-corrected chi connectivity index (χ1v) is 7.98. The first-order valence-electron chi connectivity index (χ1n) is 7.98. The maximum atomic E-state index is 11.9. The van der Waals surface area contributed by atoms with E-state index >= 15 is 0 Å². The fraction of sp³-hybridized carbons (Fsp3) is 0.588. The largest absolute Gasteiger partial charge is 0.383 e. The van der Waals surface area contributed by atoms with Gasteiger partial charge in [-0.05, 0) is 37.3 Å². The first-order chi connectivity index (χ1) is 9.84. The molecule has 1 aromatic carbocycles. The predicted molar refractivity (Wildman–Crippen MR) is 83.1 cm³/mol. The quantitative estimate of drug-likeness (QED) is 0.904. The summed E-state index contributed by atoms with van der Waals surface area (Å²) in [5, 5.41) is 3.59. The molecule has 0 unspecified atom stereocenters. The summed E-state index contributed by atoms with van der Waals surface area (Å²) >= 11 is 0. The lowest BCUT2D eigenvalue weighted by molar-refractivity contribution is -0.117. The Kier molecular flexibility index (Phi) is 4.24. The molecular weight excluding hydrogens is 248 g/mol. The smallest absolute Gasteiger partial charge is 0.227 e. The van der Waals surface area contributed by atoms with E-state index in [-0.39, 0.29) is 5.91 Å². The van der Waals surface area contributed by atoms with Gasteiger partial charge in [-0.15, -0.1) is 0 Å². The number of anilines is 2. The monoisotopic (exact) mass is 272 g/mol. The molecule has 1 saturated heterocycles. The van der Waals surface area contributed by atoms with Crippen molar-refractivity contribution >= 4 is 17.3 Å². The molecule has 2 fully saturated rings. The first kappa shape index (κ1) is 13.5. The molecule has 1 amide bonds. The molecule has 0 radical (unpaired) electrons. The van der Waals surface area contributed by atoms with Crippen LogP contribution in [0, 0.1) is 5.92 Å². The molecule has 0 spiro atoms. The van der Waals surface area contributed by atoms with E-state index < -0.39 is 0 Å². The summed E-state index contributed by atoms with van der Waals surface area (Å²) in [4.78, 5) is 13.9. The average molecular weight is 272 g/mol. The van der Waals surface area contributed by atoms with Gasteiger partial charge in [-0.3, -0.25) is 4.79 Å². The zero-order chi connectivity index (χ0) is 13.8. The van der Waals surface area contributed by atoms with Crippen LogP contribution < -0.4 is 10.2 Å². The molecule has 1 aromatic rings. The van der Waals surface area contributed by atoms with Crippen molar-refractivity contribution in [2.75, 3.05) is 23.3 Å². The van der Waals surface area contributed by atoms with Crippen LogP contribution in [0.5, 0.6) is 0 Å². The standard InChI is InChI=1S/C17H24N2O/c20-17-11-6-12-19(17)16-10-5-4-9-15(16)18-13-14-7-2-1-3-8-14/h4-5,9-10,14,18H,1-3,6-8,11-13H2. The third kappa shape index (κ3) is 2.97. The van der Waals surface area contributed by atoms with E-state index in [0.29, 0.717) is 6.42 Å². The molecule has 2 aliphatic rings. The van der Waals surface area contributed by atoms with Crippen LogP contribution in [0.3, 0.4) is 0 Å². The molecule has 3 rings (SSSR count). The number of carbonyl (C=O) groups excluding carboxylic acids is 1. The summed E-state index contributed by atoms with van der Waals surface area (Å²) in [6.07, 6.45) is 8.51. The number of rotatable bonds is 4. The van der Waals surface area contributed by atoms with Crippen molar-refractivity contribution in [2.45, 2.75) is 44.9 Å². The molecule has 0 atom stereocenters. The molecule has 0 bridgehead atoms. The van der Waals surface area contributed by atoms with Crippen LogP contribution in [0.1, 0.15) is 44.9 Å². The van der Waals surface area contributed by atoms with Crippen LogP contribution in [0.25, 0.3) is 0 Å². The van der Waals surface area contributed by atoms with Crippen molar-refractivity contribution in [3.05, 3.63) is 24.3 Å². The van der Waals surface area contributed by atoms with Crippen molar-refractivity contribution in [2.24, 2.45) is 5.92 Å². The summed E-state index contributed by atoms with van der Waals surface area (Å²) in [6, 6.07) is 8.23. The number of nitrogens with one attached hydrogen (secondary N) is 1. The minimum atomic E-state index is 0.261. The van der Waals surface area contributed by atoms with Gasteiger partial charge in [0.1, 0.15) is 0 Å². The minimum Gasteiger partial charge on any atom is -0.383 e.